The summed E-state index contributed by atoms with van der Waals surface area (Å²) in [6, 6.07) is 9.82. The molecule has 1 saturated heterocycles. The average molecular weight is 467 g/mol. The van der Waals surface area contributed by atoms with E-state index in [2.05, 4.69) is 5.32 Å². The summed E-state index contributed by atoms with van der Waals surface area (Å²) in [7, 11) is -2.19. The number of hydrogen-bond acceptors (Lipinski definition) is 5. The number of rotatable bonds is 7. The van der Waals surface area contributed by atoms with Crippen LogP contribution in [0.5, 0.6) is 11.5 Å². The first-order valence-corrected chi connectivity index (χ1v) is 12.0. The summed E-state index contributed by atoms with van der Waals surface area (Å²) < 4.78 is 38.3. The molecule has 9 heteroatoms. The van der Waals surface area contributed by atoms with Gasteiger partial charge in [-0.15, -0.1) is 0 Å². The molecule has 1 amide bonds. The minimum Gasteiger partial charge on any atom is -0.495 e. The molecule has 3 rings (SSSR count). The van der Waals surface area contributed by atoms with Crippen molar-refractivity contribution in [3.63, 3.8) is 0 Å². The Balaban J connectivity index is 1.72. The molecule has 0 bridgehead atoms. The molecule has 1 atom stereocenters. The zero-order chi connectivity index (χ0) is 22.6. The van der Waals surface area contributed by atoms with Crippen LogP contribution in [0.2, 0.25) is 5.02 Å². The summed E-state index contributed by atoms with van der Waals surface area (Å²) in [5, 5.41) is 3.22. The zero-order valence-corrected chi connectivity index (χ0v) is 19.4. The molecule has 7 nitrogen and oxygen atoms in total. The Hall–Kier alpha value is -2.29. The van der Waals surface area contributed by atoms with Crippen molar-refractivity contribution >= 4 is 33.2 Å². The average Bonchev–Trinajstić information content (AvgIpc) is 2.75. The molecule has 0 unspecified atom stereocenters. The smallest absolute Gasteiger partial charge is 0.243 e. The number of aryl methyl sites for hydroxylation is 1. The molecule has 1 fully saturated rings. The van der Waals surface area contributed by atoms with Gasteiger partial charge in [-0.3, -0.25) is 4.79 Å². The van der Waals surface area contributed by atoms with Gasteiger partial charge in [0.2, 0.25) is 15.9 Å². The first kappa shape index (κ1) is 23.4. The Morgan fingerprint density at radius 3 is 2.61 bits per heavy atom. The molecule has 31 heavy (non-hydrogen) atoms. The Morgan fingerprint density at radius 1 is 1.23 bits per heavy atom. The van der Waals surface area contributed by atoms with Crippen molar-refractivity contribution in [2.45, 2.75) is 31.6 Å². The minimum absolute atomic E-state index is 0.129. The zero-order valence-electron chi connectivity index (χ0n) is 17.9. The maximum Gasteiger partial charge on any atom is 0.243 e. The van der Waals surface area contributed by atoms with Crippen LogP contribution in [-0.2, 0) is 14.8 Å². The number of hydrogen-bond donors (Lipinski definition) is 1. The summed E-state index contributed by atoms with van der Waals surface area (Å²) >= 11 is 6.12. The van der Waals surface area contributed by atoms with Crippen molar-refractivity contribution in [1.82, 2.24) is 4.31 Å². The first-order chi connectivity index (χ1) is 14.8. The lowest BCUT2D eigenvalue weighted by molar-refractivity contribution is -0.120. The molecule has 2 aromatic rings. The molecule has 1 heterocycles. The van der Waals surface area contributed by atoms with Gasteiger partial charge in [-0.25, -0.2) is 8.42 Å². The van der Waals surface area contributed by atoms with Crippen LogP contribution in [0.25, 0.3) is 0 Å². The number of anilines is 1. The summed E-state index contributed by atoms with van der Waals surface area (Å²) in [5.41, 5.74) is 1.29. The van der Waals surface area contributed by atoms with E-state index in [0.29, 0.717) is 48.2 Å². The van der Waals surface area contributed by atoms with E-state index in [0.717, 1.165) is 5.56 Å². The number of ether oxygens (including phenoxy) is 2. The van der Waals surface area contributed by atoms with Crippen molar-refractivity contribution in [2.75, 3.05) is 32.1 Å². The molecular formula is C22H27ClN2O5S. The Morgan fingerprint density at radius 2 is 1.97 bits per heavy atom. The number of amides is 1. The normalized spacial score (nSPS) is 17.2. The molecule has 168 valence electrons. The summed E-state index contributed by atoms with van der Waals surface area (Å²) in [4.78, 5) is 13.0. The molecule has 0 spiro atoms. The van der Waals surface area contributed by atoms with Gasteiger partial charge >= 0.3 is 0 Å². The van der Waals surface area contributed by atoms with Crippen LogP contribution in [0, 0.1) is 12.8 Å². The summed E-state index contributed by atoms with van der Waals surface area (Å²) in [6.45, 7) is 4.71. The van der Waals surface area contributed by atoms with Crippen molar-refractivity contribution in [3.8, 4) is 11.5 Å². The van der Waals surface area contributed by atoms with Crippen LogP contribution >= 0.6 is 11.6 Å². The molecule has 0 aliphatic carbocycles. The topological polar surface area (TPSA) is 84.9 Å². The van der Waals surface area contributed by atoms with Gasteiger partial charge in [-0.2, -0.15) is 4.31 Å². The maximum absolute atomic E-state index is 13.2. The predicted octanol–water partition coefficient (Wildman–Crippen LogP) is 4.10. The SMILES string of the molecule is CCOc1ccc(S(=O)(=O)N2CCC[C@H](C(=O)Nc3ccc(OC)c(Cl)c3)C2)cc1C. The summed E-state index contributed by atoms with van der Waals surface area (Å²) in [6.07, 6.45) is 1.22. The van der Waals surface area contributed by atoms with Gasteiger partial charge in [0.15, 0.2) is 0 Å². The fourth-order valence-corrected chi connectivity index (χ4v) is 5.48. The molecule has 0 aromatic heterocycles. The van der Waals surface area contributed by atoms with E-state index >= 15 is 0 Å². The third-order valence-electron chi connectivity index (χ3n) is 5.26. The predicted molar refractivity (Wildman–Crippen MR) is 120 cm³/mol. The van der Waals surface area contributed by atoms with Crippen molar-refractivity contribution in [1.29, 1.82) is 0 Å². The number of sulfonamides is 1. The summed E-state index contributed by atoms with van der Waals surface area (Å²) in [5.74, 6) is 0.493. The second kappa shape index (κ2) is 9.89. The Bertz CT molecular complexity index is 1060. The van der Waals surface area contributed by atoms with Gasteiger partial charge in [0.1, 0.15) is 11.5 Å². The minimum atomic E-state index is -3.71. The van der Waals surface area contributed by atoms with Crippen LogP contribution in [0.3, 0.4) is 0 Å². The van der Waals surface area contributed by atoms with E-state index in [-0.39, 0.29) is 17.3 Å². The molecule has 2 aromatic carbocycles. The fraction of sp³-hybridized carbons (Fsp3) is 0.409. The lowest BCUT2D eigenvalue weighted by Gasteiger charge is -2.31. The maximum atomic E-state index is 13.2. The molecule has 1 aliphatic heterocycles. The van der Waals surface area contributed by atoms with Crippen molar-refractivity contribution < 1.29 is 22.7 Å². The van der Waals surface area contributed by atoms with E-state index < -0.39 is 15.9 Å². The van der Waals surface area contributed by atoms with Crippen LogP contribution < -0.4 is 14.8 Å². The van der Waals surface area contributed by atoms with E-state index in [1.54, 1.807) is 36.4 Å². The number of halogens is 1. The number of nitrogens with zero attached hydrogens (tertiary/aromatic N) is 1. The number of carbonyl (C=O) groups is 1. The second-order valence-corrected chi connectivity index (χ2v) is 9.75. The molecular weight excluding hydrogens is 440 g/mol. The molecule has 0 saturated carbocycles. The van der Waals surface area contributed by atoms with Gasteiger partial charge in [-0.05, 0) is 68.7 Å². The largest absolute Gasteiger partial charge is 0.495 e. The van der Waals surface area contributed by atoms with Crippen molar-refractivity contribution in [3.05, 3.63) is 47.0 Å². The Kier molecular flexibility index (Phi) is 7.46. The van der Waals surface area contributed by atoms with E-state index in [1.165, 1.54) is 11.4 Å². The molecule has 1 aliphatic rings. The quantitative estimate of drug-likeness (QED) is 0.664. The van der Waals surface area contributed by atoms with Crippen LogP contribution in [0.15, 0.2) is 41.3 Å². The molecule has 0 radical (unpaired) electrons. The number of benzene rings is 2. The molecule has 1 N–H and O–H groups in total. The third kappa shape index (κ3) is 5.31. The first-order valence-electron chi connectivity index (χ1n) is 10.1. The Labute approximate surface area is 188 Å². The number of methoxy groups -OCH3 is 1. The highest BCUT2D eigenvalue weighted by molar-refractivity contribution is 7.89. The van der Waals surface area contributed by atoms with Crippen molar-refractivity contribution in [2.24, 2.45) is 5.92 Å². The van der Waals surface area contributed by atoms with E-state index in [4.69, 9.17) is 21.1 Å². The van der Waals surface area contributed by atoms with Gasteiger partial charge < -0.3 is 14.8 Å². The van der Waals surface area contributed by atoms with Gasteiger partial charge in [-0.1, -0.05) is 11.6 Å². The fourth-order valence-electron chi connectivity index (χ4n) is 3.61. The third-order valence-corrected chi connectivity index (χ3v) is 7.41. The van der Waals surface area contributed by atoms with E-state index in [9.17, 15) is 13.2 Å². The lowest BCUT2D eigenvalue weighted by atomic mass is 9.98. The monoisotopic (exact) mass is 466 g/mol. The van der Waals surface area contributed by atoms with Gasteiger partial charge in [0.05, 0.1) is 29.6 Å². The lowest BCUT2D eigenvalue weighted by Crippen LogP contribution is -2.43. The number of nitrogens with one attached hydrogen (secondary N) is 1. The van der Waals surface area contributed by atoms with E-state index in [1.807, 2.05) is 13.8 Å². The van der Waals surface area contributed by atoms with Gasteiger partial charge in [0, 0.05) is 18.8 Å². The second-order valence-electron chi connectivity index (χ2n) is 7.40. The highest BCUT2D eigenvalue weighted by atomic mass is 35.5. The van der Waals surface area contributed by atoms with Crippen LogP contribution in [0.4, 0.5) is 5.69 Å². The van der Waals surface area contributed by atoms with Gasteiger partial charge in [0.25, 0.3) is 0 Å². The number of carbonyl (C=O) groups excluding carboxylic acids is 1. The highest BCUT2D eigenvalue weighted by Gasteiger charge is 2.33. The standard InChI is InChI=1S/C22H27ClN2O5S/c1-4-30-20-10-8-18(12-15(20)2)31(27,28)25-11-5-6-16(14-25)22(26)24-17-7-9-21(29-3)19(23)13-17/h7-10,12-13,16H,4-6,11,14H2,1-3H3,(H,24,26)/t16-/m0/s1. The highest BCUT2D eigenvalue weighted by Crippen LogP contribution is 2.30. The van der Waals surface area contributed by atoms with Crippen LogP contribution in [0.1, 0.15) is 25.3 Å². The van der Waals surface area contributed by atoms with Crippen LogP contribution in [-0.4, -0.2) is 45.4 Å². The number of piperidine rings is 1.